The van der Waals surface area contributed by atoms with E-state index in [9.17, 15) is 18.0 Å². The van der Waals surface area contributed by atoms with Crippen molar-refractivity contribution >= 4 is 6.09 Å². The molecule has 0 fully saturated rings. The Kier molecular flexibility index (Phi) is 5.66. The summed E-state index contributed by atoms with van der Waals surface area (Å²) in [4.78, 5) is 11.2. The van der Waals surface area contributed by atoms with Gasteiger partial charge in [0.05, 0.1) is 12.6 Å². The Balaban J connectivity index is 2.49. The summed E-state index contributed by atoms with van der Waals surface area (Å²) in [5.41, 5.74) is 0.734. The molecule has 4 nitrogen and oxygen atoms in total. The van der Waals surface area contributed by atoms with Crippen molar-refractivity contribution in [2.24, 2.45) is 0 Å². The fourth-order valence-corrected chi connectivity index (χ4v) is 1.47. The molecule has 1 amide bonds. The predicted molar refractivity (Wildman–Crippen MR) is 66.6 cm³/mol. The lowest BCUT2D eigenvalue weighted by atomic mass is 10.1. The number of carbonyl (C=O) groups excluding carboxylic acids is 1. The maximum absolute atomic E-state index is 11.9. The third-order valence-electron chi connectivity index (χ3n) is 2.39. The summed E-state index contributed by atoms with van der Waals surface area (Å²) in [6.45, 7) is 2.44. The first-order chi connectivity index (χ1) is 9.31. The zero-order valence-electron chi connectivity index (χ0n) is 11.2. The highest BCUT2D eigenvalue weighted by molar-refractivity contribution is 5.67. The van der Waals surface area contributed by atoms with E-state index in [-0.39, 0.29) is 0 Å². The van der Waals surface area contributed by atoms with Crippen molar-refractivity contribution in [2.45, 2.75) is 26.1 Å². The molecular formula is C13H16F3NO3. The zero-order chi connectivity index (χ0) is 15.2. The van der Waals surface area contributed by atoms with E-state index in [0.29, 0.717) is 12.4 Å². The van der Waals surface area contributed by atoms with Crippen molar-refractivity contribution in [1.82, 2.24) is 5.32 Å². The summed E-state index contributed by atoms with van der Waals surface area (Å²) in [5.74, 6) is 0.683. The topological polar surface area (TPSA) is 47.6 Å². The quantitative estimate of drug-likeness (QED) is 0.904. The normalized spacial score (nSPS) is 12.7. The first-order valence-electron chi connectivity index (χ1n) is 6.04. The van der Waals surface area contributed by atoms with Crippen LogP contribution >= 0.6 is 0 Å². The van der Waals surface area contributed by atoms with Gasteiger partial charge in [-0.05, 0) is 31.5 Å². The minimum Gasteiger partial charge on any atom is -0.494 e. The van der Waals surface area contributed by atoms with E-state index >= 15 is 0 Å². The molecule has 0 bridgehead atoms. The average Bonchev–Trinajstić information content (AvgIpc) is 2.37. The molecule has 0 aliphatic heterocycles. The summed E-state index contributed by atoms with van der Waals surface area (Å²) >= 11 is 0. The number of ether oxygens (including phenoxy) is 2. The molecule has 0 saturated carbocycles. The van der Waals surface area contributed by atoms with Gasteiger partial charge in [0.25, 0.3) is 0 Å². The lowest BCUT2D eigenvalue weighted by Crippen LogP contribution is -2.30. The van der Waals surface area contributed by atoms with Crippen LogP contribution in [0.15, 0.2) is 24.3 Å². The number of rotatable bonds is 5. The van der Waals surface area contributed by atoms with E-state index in [4.69, 9.17) is 4.74 Å². The highest BCUT2D eigenvalue weighted by atomic mass is 19.4. The molecule has 0 aliphatic rings. The number of benzene rings is 1. The van der Waals surface area contributed by atoms with Gasteiger partial charge in [-0.2, -0.15) is 13.2 Å². The number of hydrogen-bond acceptors (Lipinski definition) is 3. The number of halogens is 3. The van der Waals surface area contributed by atoms with E-state index in [1.54, 1.807) is 31.2 Å². The lowest BCUT2D eigenvalue weighted by Gasteiger charge is -2.15. The second-order valence-corrected chi connectivity index (χ2v) is 4.06. The van der Waals surface area contributed by atoms with Crippen LogP contribution < -0.4 is 10.1 Å². The van der Waals surface area contributed by atoms with Gasteiger partial charge < -0.3 is 14.8 Å². The van der Waals surface area contributed by atoms with Crippen LogP contribution in [0.25, 0.3) is 0 Å². The van der Waals surface area contributed by atoms with Crippen molar-refractivity contribution in [2.75, 3.05) is 13.2 Å². The van der Waals surface area contributed by atoms with Gasteiger partial charge in [-0.1, -0.05) is 12.1 Å². The number of nitrogens with one attached hydrogen (secondary N) is 1. The van der Waals surface area contributed by atoms with Crippen LogP contribution in [0.3, 0.4) is 0 Å². The molecule has 1 aromatic rings. The van der Waals surface area contributed by atoms with Gasteiger partial charge in [0.1, 0.15) is 5.75 Å². The second-order valence-electron chi connectivity index (χ2n) is 4.06. The van der Waals surface area contributed by atoms with Crippen LogP contribution in [0.5, 0.6) is 5.75 Å². The molecule has 1 aromatic carbocycles. The first kappa shape index (κ1) is 16.1. The molecule has 112 valence electrons. The molecule has 0 heterocycles. The van der Waals surface area contributed by atoms with E-state index < -0.39 is 24.9 Å². The molecule has 1 N–H and O–H groups in total. The number of hydrogen-bond donors (Lipinski definition) is 1. The largest absolute Gasteiger partial charge is 0.494 e. The van der Waals surface area contributed by atoms with E-state index in [2.05, 4.69) is 10.1 Å². The fourth-order valence-electron chi connectivity index (χ4n) is 1.47. The van der Waals surface area contributed by atoms with Crippen molar-refractivity contribution < 1.29 is 27.4 Å². The van der Waals surface area contributed by atoms with Gasteiger partial charge in [0, 0.05) is 0 Å². The van der Waals surface area contributed by atoms with Gasteiger partial charge >= 0.3 is 12.3 Å². The molecule has 1 unspecified atom stereocenters. The fraction of sp³-hybridized carbons (Fsp3) is 0.462. The van der Waals surface area contributed by atoms with Gasteiger partial charge in [0.2, 0.25) is 0 Å². The smallest absolute Gasteiger partial charge is 0.422 e. The van der Waals surface area contributed by atoms with Crippen molar-refractivity contribution in [3.8, 4) is 5.75 Å². The molecule has 0 spiro atoms. The Morgan fingerprint density at radius 3 is 2.40 bits per heavy atom. The molecule has 0 aliphatic carbocycles. The Hall–Kier alpha value is -1.92. The van der Waals surface area contributed by atoms with Crippen molar-refractivity contribution in [3.05, 3.63) is 29.8 Å². The highest BCUT2D eigenvalue weighted by Crippen LogP contribution is 2.18. The minimum atomic E-state index is -4.53. The number of alkyl carbamates (subject to hydrolysis) is 1. The third-order valence-corrected chi connectivity index (χ3v) is 2.39. The Morgan fingerprint density at radius 1 is 1.30 bits per heavy atom. The van der Waals surface area contributed by atoms with Gasteiger partial charge in [-0.15, -0.1) is 0 Å². The molecule has 1 atom stereocenters. The SMILES string of the molecule is CCOc1ccc(C(C)NC(=O)OCC(F)(F)F)cc1. The maximum atomic E-state index is 11.9. The number of alkyl halides is 3. The van der Waals surface area contributed by atoms with Crippen LogP contribution in [0, 0.1) is 0 Å². The lowest BCUT2D eigenvalue weighted by molar-refractivity contribution is -0.160. The summed E-state index contributed by atoms with van der Waals surface area (Å²) in [7, 11) is 0. The zero-order valence-corrected chi connectivity index (χ0v) is 11.2. The van der Waals surface area contributed by atoms with Crippen LogP contribution in [-0.4, -0.2) is 25.5 Å². The number of amides is 1. The summed E-state index contributed by atoms with van der Waals surface area (Å²) < 4.78 is 44.9. The summed E-state index contributed by atoms with van der Waals surface area (Å²) in [6, 6.07) is 6.42. The average molecular weight is 291 g/mol. The van der Waals surface area contributed by atoms with Crippen LogP contribution in [0.1, 0.15) is 25.5 Å². The predicted octanol–water partition coefficient (Wildman–Crippen LogP) is 3.43. The monoisotopic (exact) mass is 291 g/mol. The maximum Gasteiger partial charge on any atom is 0.422 e. The van der Waals surface area contributed by atoms with Crippen LogP contribution in [0.4, 0.5) is 18.0 Å². The highest BCUT2D eigenvalue weighted by Gasteiger charge is 2.29. The second kappa shape index (κ2) is 7.02. The van der Waals surface area contributed by atoms with Gasteiger partial charge in [-0.3, -0.25) is 0 Å². The molecule has 7 heteroatoms. The Bertz CT molecular complexity index is 431. The molecule has 0 aromatic heterocycles. The molecular weight excluding hydrogens is 275 g/mol. The van der Waals surface area contributed by atoms with Crippen molar-refractivity contribution in [3.63, 3.8) is 0 Å². The van der Waals surface area contributed by atoms with Gasteiger partial charge in [0.15, 0.2) is 6.61 Å². The summed E-state index contributed by atoms with van der Waals surface area (Å²) in [6.07, 6.45) is -5.64. The molecule has 1 rings (SSSR count). The van der Waals surface area contributed by atoms with E-state index in [0.717, 1.165) is 5.56 Å². The van der Waals surface area contributed by atoms with Gasteiger partial charge in [-0.25, -0.2) is 4.79 Å². The van der Waals surface area contributed by atoms with Crippen LogP contribution in [-0.2, 0) is 4.74 Å². The molecule has 20 heavy (non-hydrogen) atoms. The molecule has 0 saturated heterocycles. The van der Waals surface area contributed by atoms with E-state index in [1.807, 2.05) is 6.92 Å². The first-order valence-corrected chi connectivity index (χ1v) is 6.04. The van der Waals surface area contributed by atoms with Crippen LogP contribution in [0.2, 0.25) is 0 Å². The van der Waals surface area contributed by atoms with E-state index in [1.165, 1.54) is 0 Å². The standard InChI is InChI=1S/C13H16F3NO3/c1-3-19-11-6-4-10(5-7-11)9(2)17-12(18)20-8-13(14,15)16/h4-7,9H,3,8H2,1-2H3,(H,17,18). The Labute approximate surface area is 114 Å². The minimum absolute atomic E-state index is 0.466. The van der Waals surface area contributed by atoms with Crippen molar-refractivity contribution in [1.29, 1.82) is 0 Å². The third kappa shape index (κ3) is 5.81. The summed E-state index contributed by atoms with van der Waals surface area (Å²) in [5, 5.41) is 2.32. The Morgan fingerprint density at radius 2 is 1.90 bits per heavy atom. The molecule has 0 radical (unpaired) electrons. The number of carbonyl (C=O) groups is 1.